The number of nitrogens with zero attached hydrogens (tertiary/aromatic N) is 2. The fourth-order valence-corrected chi connectivity index (χ4v) is 3.28. The summed E-state index contributed by atoms with van der Waals surface area (Å²) in [5.41, 5.74) is 1.07. The number of imidazole rings is 1. The molecule has 10 heteroatoms. The van der Waals surface area contributed by atoms with Crippen molar-refractivity contribution in [2.24, 2.45) is 7.05 Å². The Balaban J connectivity index is 0.00000320. The van der Waals surface area contributed by atoms with E-state index in [0.717, 1.165) is 0 Å². The Morgan fingerprint density at radius 1 is 1.23 bits per heavy atom. The molecule has 1 unspecified atom stereocenters. The van der Waals surface area contributed by atoms with Gasteiger partial charge in [-0.15, -0.1) is 12.4 Å². The number of alkyl halides is 2. The van der Waals surface area contributed by atoms with Gasteiger partial charge in [-0.3, -0.25) is 5.32 Å². The summed E-state index contributed by atoms with van der Waals surface area (Å²) in [5, 5.41) is 3.24. The lowest BCUT2D eigenvalue weighted by atomic mass is 10.0. The second kappa shape index (κ2) is 10.6. The molecule has 0 radical (unpaired) electrons. The maximum atomic E-state index is 14.4. The van der Waals surface area contributed by atoms with Crippen LogP contribution in [0, 0.1) is 5.82 Å². The average Bonchev–Trinajstić information content (AvgIpc) is 3.10. The molecular formula is C20H20Cl2F3N3O2. The van der Waals surface area contributed by atoms with Crippen molar-refractivity contribution >= 4 is 24.0 Å². The number of hydrogen-bond acceptors (Lipinski definition) is 4. The van der Waals surface area contributed by atoms with Gasteiger partial charge >= 0.3 is 6.61 Å². The summed E-state index contributed by atoms with van der Waals surface area (Å²) in [5.74, 6) is 0.0896. The standard InChI is InChI=1S/C20H19ClF3N3O2.ClH/c1-27-8-7-25-19(27)17(13-5-3-4-6-15(13)22)26-11-12-9-14(21)18(29-20(23)24)16(10-12)28-2;/h3-10,17,20,26H,11H2,1-2H3;1H. The van der Waals surface area contributed by atoms with Crippen LogP contribution in [-0.4, -0.2) is 23.3 Å². The van der Waals surface area contributed by atoms with Crippen molar-refractivity contribution < 1.29 is 22.6 Å². The molecule has 0 fully saturated rings. The van der Waals surface area contributed by atoms with E-state index in [1.54, 1.807) is 35.2 Å². The minimum Gasteiger partial charge on any atom is -0.493 e. The molecule has 3 aromatic rings. The number of hydrogen-bond donors (Lipinski definition) is 1. The number of halogens is 5. The summed E-state index contributed by atoms with van der Waals surface area (Å²) in [6.45, 7) is -2.78. The number of ether oxygens (including phenoxy) is 2. The Kier molecular flexibility index (Phi) is 8.40. The Labute approximate surface area is 183 Å². The zero-order valence-corrected chi connectivity index (χ0v) is 17.7. The molecule has 3 rings (SSSR count). The second-order valence-electron chi connectivity index (χ2n) is 6.22. The van der Waals surface area contributed by atoms with E-state index in [0.29, 0.717) is 17.0 Å². The Morgan fingerprint density at radius 3 is 2.57 bits per heavy atom. The molecule has 1 heterocycles. The smallest absolute Gasteiger partial charge is 0.387 e. The van der Waals surface area contributed by atoms with E-state index in [9.17, 15) is 13.2 Å². The molecular weight excluding hydrogens is 442 g/mol. The predicted octanol–water partition coefficient (Wildman–Crippen LogP) is 5.12. The molecule has 0 amide bonds. The van der Waals surface area contributed by atoms with Gasteiger partial charge in [0, 0.05) is 31.5 Å². The quantitative estimate of drug-likeness (QED) is 0.505. The van der Waals surface area contributed by atoms with Crippen LogP contribution < -0.4 is 14.8 Å². The van der Waals surface area contributed by atoms with E-state index in [2.05, 4.69) is 15.0 Å². The van der Waals surface area contributed by atoms with E-state index >= 15 is 0 Å². The summed E-state index contributed by atoms with van der Waals surface area (Å²) in [6.07, 6.45) is 3.39. The van der Waals surface area contributed by atoms with Gasteiger partial charge in [0.2, 0.25) is 0 Å². The first-order valence-corrected chi connectivity index (χ1v) is 9.04. The van der Waals surface area contributed by atoms with Gasteiger partial charge in [-0.05, 0) is 23.8 Å². The van der Waals surface area contributed by atoms with Crippen LogP contribution in [0.2, 0.25) is 5.02 Å². The van der Waals surface area contributed by atoms with E-state index in [-0.39, 0.29) is 41.3 Å². The highest BCUT2D eigenvalue weighted by atomic mass is 35.5. The molecule has 1 aromatic heterocycles. The molecule has 0 saturated heterocycles. The highest BCUT2D eigenvalue weighted by molar-refractivity contribution is 6.32. The van der Waals surface area contributed by atoms with Crippen LogP contribution in [0.25, 0.3) is 0 Å². The second-order valence-corrected chi connectivity index (χ2v) is 6.63. The highest BCUT2D eigenvalue weighted by Crippen LogP contribution is 2.37. The van der Waals surface area contributed by atoms with Gasteiger partial charge in [0.05, 0.1) is 18.2 Å². The van der Waals surface area contributed by atoms with Gasteiger partial charge < -0.3 is 14.0 Å². The van der Waals surface area contributed by atoms with E-state index in [1.165, 1.54) is 25.3 Å². The van der Waals surface area contributed by atoms with Crippen molar-refractivity contribution in [3.8, 4) is 11.5 Å². The summed E-state index contributed by atoms with van der Waals surface area (Å²) in [6, 6.07) is 8.89. The fourth-order valence-electron chi connectivity index (χ4n) is 3.00. The molecule has 1 atom stereocenters. The Hall–Kier alpha value is -2.42. The fraction of sp³-hybridized carbons (Fsp3) is 0.250. The van der Waals surface area contributed by atoms with Gasteiger partial charge in [0.15, 0.2) is 11.5 Å². The number of aryl methyl sites for hydroxylation is 1. The average molecular weight is 462 g/mol. The number of methoxy groups -OCH3 is 1. The topological polar surface area (TPSA) is 48.3 Å². The zero-order chi connectivity index (χ0) is 21.0. The molecule has 0 aliphatic carbocycles. The molecule has 5 nitrogen and oxygen atoms in total. The van der Waals surface area contributed by atoms with Crippen LogP contribution in [0.15, 0.2) is 48.8 Å². The first-order valence-electron chi connectivity index (χ1n) is 8.67. The lowest BCUT2D eigenvalue weighted by Crippen LogP contribution is -2.25. The largest absolute Gasteiger partial charge is 0.493 e. The van der Waals surface area contributed by atoms with Gasteiger partial charge in [-0.25, -0.2) is 9.37 Å². The highest BCUT2D eigenvalue weighted by Gasteiger charge is 2.22. The number of nitrogens with one attached hydrogen (secondary N) is 1. The molecule has 2 aromatic carbocycles. The number of rotatable bonds is 8. The molecule has 1 N–H and O–H groups in total. The van der Waals surface area contributed by atoms with Crippen LogP contribution in [0.4, 0.5) is 13.2 Å². The van der Waals surface area contributed by atoms with Gasteiger partial charge in [0.1, 0.15) is 11.6 Å². The normalized spacial score (nSPS) is 11.8. The van der Waals surface area contributed by atoms with Crippen molar-refractivity contribution in [3.63, 3.8) is 0 Å². The maximum Gasteiger partial charge on any atom is 0.387 e. The molecule has 30 heavy (non-hydrogen) atoms. The van der Waals surface area contributed by atoms with E-state index in [4.69, 9.17) is 16.3 Å². The minimum absolute atomic E-state index is 0. The number of aromatic nitrogens is 2. The molecule has 0 saturated carbocycles. The van der Waals surface area contributed by atoms with Crippen LogP contribution in [0.5, 0.6) is 11.5 Å². The monoisotopic (exact) mass is 461 g/mol. The lowest BCUT2D eigenvalue weighted by Gasteiger charge is -2.20. The number of benzene rings is 2. The molecule has 0 aliphatic heterocycles. The van der Waals surface area contributed by atoms with Crippen LogP contribution >= 0.6 is 24.0 Å². The molecule has 0 bridgehead atoms. The molecule has 0 aliphatic rings. The zero-order valence-electron chi connectivity index (χ0n) is 16.1. The lowest BCUT2D eigenvalue weighted by molar-refractivity contribution is -0.0511. The summed E-state index contributed by atoms with van der Waals surface area (Å²) >= 11 is 6.10. The van der Waals surface area contributed by atoms with Crippen molar-refractivity contribution in [2.45, 2.75) is 19.2 Å². The summed E-state index contributed by atoms with van der Waals surface area (Å²) in [7, 11) is 3.14. The molecule has 0 spiro atoms. The van der Waals surface area contributed by atoms with E-state index < -0.39 is 12.7 Å². The maximum absolute atomic E-state index is 14.4. The van der Waals surface area contributed by atoms with Crippen LogP contribution in [0.3, 0.4) is 0 Å². The van der Waals surface area contributed by atoms with E-state index in [1.807, 2.05) is 7.05 Å². The van der Waals surface area contributed by atoms with Crippen molar-refractivity contribution in [2.75, 3.05) is 7.11 Å². The SMILES string of the molecule is COc1cc(CNC(c2ccccc2F)c2nccn2C)cc(Cl)c1OC(F)F.Cl. The first kappa shape index (κ1) is 23.9. The van der Waals surface area contributed by atoms with Crippen molar-refractivity contribution in [3.05, 3.63) is 76.6 Å². The minimum atomic E-state index is -3.03. The van der Waals surface area contributed by atoms with Crippen LogP contribution in [-0.2, 0) is 13.6 Å². The van der Waals surface area contributed by atoms with Crippen LogP contribution in [0.1, 0.15) is 23.0 Å². The third-order valence-corrected chi connectivity index (χ3v) is 4.62. The summed E-state index contributed by atoms with van der Waals surface area (Å²) < 4.78 is 51.0. The van der Waals surface area contributed by atoms with Gasteiger partial charge in [-0.2, -0.15) is 8.78 Å². The van der Waals surface area contributed by atoms with Gasteiger partial charge in [0.25, 0.3) is 0 Å². The third kappa shape index (κ3) is 5.38. The van der Waals surface area contributed by atoms with Crippen molar-refractivity contribution in [1.82, 2.24) is 14.9 Å². The Bertz CT molecular complexity index is 986. The summed E-state index contributed by atoms with van der Waals surface area (Å²) in [4.78, 5) is 4.32. The van der Waals surface area contributed by atoms with Gasteiger partial charge in [-0.1, -0.05) is 29.8 Å². The van der Waals surface area contributed by atoms with Crippen molar-refractivity contribution in [1.29, 1.82) is 0 Å². The Morgan fingerprint density at radius 2 is 1.97 bits per heavy atom. The molecule has 162 valence electrons. The predicted molar refractivity (Wildman–Crippen MR) is 110 cm³/mol. The third-order valence-electron chi connectivity index (χ3n) is 4.34. The first-order chi connectivity index (χ1) is 13.9.